The zero-order valence-corrected chi connectivity index (χ0v) is 19.5. The lowest BCUT2D eigenvalue weighted by atomic mass is 9.52. The van der Waals surface area contributed by atoms with Gasteiger partial charge in [-0.1, -0.05) is 37.3 Å². The van der Waals surface area contributed by atoms with Crippen molar-refractivity contribution in [2.75, 3.05) is 7.11 Å². The number of benzene rings is 2. The number of hydrogen-bond acceptors (Lipinski definition) is 3. The fourth-order valence-corrected chi connectivity index (χ4v) is 7.21. The van der Waals surface area contributed by atoms with Crippen molar-refractivity contribution >= 4 is 6.08 Å². The molecular formula is C28H31F3O3. The van der Waals surface area contributed by atoms with E-state index in [4.69, 9.17) is 4.74 Å². The Morgan fingerprint density at radius 2 is 1.91 bits per heavy atom. The number of aliphatic hydroxyl groups is 1. The summed E-state index contributed by atoms with van der Waals surface area (Å²) in [5.41, 5.74) is 0.579. The van der Waals surface area contributed by atoms with Gasteiger partial charge < -0.3 is 14.9 Å². The molecule has 0 unspecified atom stereocenters. The Morgan fingerprint density at radius 3 is 2.65 bits per heavy atom. The number of aryl methyl sites for hydroxylation is 1. The minimum Gasteiger partial charge on any atom is -0.508 e. The van der Waals surface area contributed by atoms with Gasteiger partial charge in [-0.2, -0.15) is 13.2 Å². The number of alkyl halides is 3. The van der Waals surface area contributed by atoms with Gasteiger partial charge >= 0.3 is 6.18 Å². The molecule has 0 amide bonds. The molecule has 2 saturated carbocycles. The van der Waals surface area contributed by atoms with Crippen LogP contribution in [0.2, 0.25) is 0 Å². The Kier molecular flexibility index (Phi) is 5.60. The van der Waals surface area contributed by atoms with Crippen molar-refractivity contribution in [1.82, 2.24) is 0 Å². The van der Waals surface area contributed by atoms with Gasteiger partial charge in [-0.15, -0.1) is 0 Å². The lowest BCUT2D eigenvalue weighted by molar-refractivity contribution is -0.137. The van der Waals surface area contributed by atoms with Crippen LogP contribution in [-0.2, 0) is 17.3 Å². The van der Waals surface area contributed by atoms with Gasteiger partial charge in [0.05, 0.1) is 17.3 Å². The van der Waals surface area contributed by atoms with Crippen molar-refractivity contribution in [2.45, 2.75) is 62.8 Å². The largest absolute Gasteiger partial charge is 0.508 e. The van der Waals surface area contributed by atoms with Crippen molar-refractivity contribution in [2.24, 2.45) is 17.3 Å². The molecular weight excluding hydrogens is 441 g/mol. The fourth-order valence-electron chi connectivity index (χ4n) is 7.21. The lowest BCUT2D eigenvalue weighted by Crippen LogP contribution is -2.54. The maximum absolute atomic E-state index is 13.1. The summed E-state index contributed by atoms with van der Waals surface area (Å²) in [6.45, 7) is 2.12. The summed E-state index contributed by atoms with van der Waals surface area (Å²) in [4.78, 5) is 0. The van der Waals surface area contributed by atoms with E-state index < -0.39 is 22.8 Å². The van der Waals surface area contributed by atoms with E-state index in [1.165, 1.54) is 17.2 Å². The summed E-state index contributed by atoms with van der Waals surface area (Å²) in [5.74, 6) is 1.11. The molecule has 0 spiro atoms. The van der Waals surface area contributed by atoms with Gasteiger partial charge in [-0.25, -0.2) is 0 Å². The third kappa shape index (κ3) is 3.66. The minimum absolute atomic E-state index is 0.0820. The van der Waals surface area contributed by atoms with Crippen LogP contribution in [0.15, 0.2) is 48.5 Å². The molecule has 2 aromatic carbocycles. The van der Waals surface area contributed by atoms with E-state index in [-0.39, 0.29) is 23.7 Å². The molecule has 3 nitrogen and oxygen atoms in total. The van der Waals surface area contributed by atoms with Crippen molar-refractivity contribution < 1.29 is 28.1 Å². The van der Waals surface area contributed by atoms with E-state index in [9.17, 15) is 23.4 Å². The molecule has 0 saturated heterocycles. The summed E-state index contributed by atoms with van der Waals surface area (Å²) in [6.07, 6.45) is 2.83. The molecule has 34 heavy (non-hydrogen) atoms. The lowest BCUT2D eigenvalue weighted by Gasteiger charge is -2.55. The highest BCUT2D eigenvalue weighted by Gasteiger charge is 2.63. The number of rotatable bonds is 3. The quantitative estimate of drug-likeness (QED) is 0.548. The van der Waals surface area contributed by atoms with Crippen LogP contribution in [0.3, 0.4) is 0 Å². The van der Waals surface area contributed by atoms with Crippen LogP contribution >= 0.6 is 0 Å². The van der Waals surface area contributed by atoms with Gasteiger partial charge in [0.1, 0.15) is 5.75 Å². The van der Waals surface area contributed by atoms with Gasteiger partial charge in [-0.3, -0.25) is 0 Å². The SMILES string of the molecule is CO[C@H]1C[C@@]2(C)[C@@H](CC[C@@]2(O)/C=C/c2cccc(C(F)(F)F)c2)[C@@H]2CCc3cc(O)ccc3[C@H]21. The molecule has 6 heteroatoms. The zero-order chi connectivity index (χ0) is 24.3. The number of hydrogen-bond donors (Lipinski definition) is 2. The van der Waals surface area contributed by atoms with E-state index in [2.05, 4.69) is 6.92 Å². The summed E-state index contributed by atoms with van der Waals surface area (Å²) in [5, 5.41) is 21.8. The first-order valence-corrected chi connectivity index (χ1v) is 12.0. The highest BCUT2D eigenvalue weighted by atomic mass is 19.4. The van der Waals surface area contributed by atoms with E-state index >= 15 is 0 Å². The van der Waals surface area contributed by atoms with Crippen molar-refractivity contribution in [3.05, 3.63) is 70.8 Å². The van der Waals surface area contributed by atoms with Crippen LogP contribution in [0.5, 0.6) is 5.75 Å². The number of halogens is 3. The second-order valence-electron chi connectivity index (χ2n) is 10.5. The number of phenolic OH excluding ortho intramolecular Hbond substituents is 1. The van der Waals surface area contributed by atoms with Gasteiger partial charge in [0.15, 0.2) is 0 Å². The molecule has 0 radical (unpaired) electrons. The normalized spacial score (nSPS) is 35.1. The van der Waals surface area contributed by atoms with E-state index in [1.807, 2.05) is 12.1 Å². The molecule has 3 aliphatic carbocycles. The topological polar surface area (TPSA) is 49.7 Å². The molecule has 2 aromatic rings. The Morgan fingerprint density at radius 1 is 1.12 bits per heavy atom. The summed E-state index contributed by atoms with van der Waals surface area (Å²) in [6, 6.07) is 10.8. The number of ether oxygens (including phenoxy) is 1. The van der Waals surface area contributed by atoms with Gasteiger partial charge in [-0.05, 0) is 84.9 Å². The van der Waals surface area contributed by atoms with Crippen molar-refractivity contribution in [1.29, 1.82) is 0 Å². The summed E-state index contributed by atoms with van der Waals surface area (Å²) >= 11 is 0. The minimum atomic E-state index is -4.40. The maximum atomic E-state index is 13.1. The predicted molar refractivity (Wildman–Crippen MR) is 124 cm³/mol. The first-order valence-electron chi connectivity index (χ1n) is 12.0. The molecule has 6 atom stereocenters. The van der Waals surface area contributed by atoms with Gasteiger partial charge in [0.25, 0.3) is 0 Å². The maximum Gasteiger partial charge on any atom is 0.416 e. The monoisotopic (exact) mass is 472 g/mol. The van der Waals surface area contributed by atoms with Crippen LogP contribution in [0.4, 0.5) is 13.2 Å². The van der Waals surface area contributed by atoms with Gasteiger partial charge in [0.2, 0.25) is 0 Å². The Balaban J connectivity index is 1.47. The standard InChI is InChI=1S/C28H31F3O3/c1-26-16-24(34-2)25-21-9-7-20(32)15-18(21)6-8-22(25)23(26)11-13-27(26,33)12-10-17-4-3-5-19(14-17)28(29,30)31/h3-5,7,9-10,12,14-15,22-25,32-33H,6,8,11,13,16H2,1-2H3/b12-10+/t22-,23-,24-,25+,26-,27-/m0/s1. The molecule has 0 heterocycles. The Labute approximate surface area is 198 Å². The molecule has 182 valence electrons. The highest BCUT2D eigenvalue weighted by molar-refractivity contribution is 5.53. The summed E-state index contributed by atoms with van der Waals surface area (Å²) < 4.78 is 45.4. The second-order valence-corrected chi connectivity index (χ2v) is 10.5. The van der Waals surface area contributed by atoms with E-state index in [0.717, 1.165) is 31.4 Å². The fraction of sp³-hybridized carbons (Fsp3) is 0.500. The van der Waals surface area contributed by atoms with Crippen LogP contribution < -0.4 is 0 Å². The molecule has 0 aromatic heterocycles. The zero-order valence-electron chi connectivity index (χ0n) is 19.5. The first kappa shape index (κ1) is 23.4. The third-order valence-corrected chi connectivity index (χ3v) is 8.95. The average Bonchev–Trinajstić information content (AvgIpc) is 3.07. The second kappa shape index (κ2) is 8.13. The van der Waals surface area contributed by atoms with Crippen LogP contribution in [0.1, 0.15) is 60.8 Å². The Hall–Kier alpha value is -2.31. The molecule has 5 rings (SSSR count). The first-order chi connectivity index (χ1) is 16.1. The molecule has 0 bridgehead atoms. The van der Waals surface area contributed by atoms with Gasteiger partial charge in [0, 0.05) is 18.4 Å². The molecule has 3 aliphatic rings. The number of phenols is 1. The van der Waals surface area contributed by atoms with Crippen LogP contribution in [-0.4, -0.2) is 29.0 Å². The number of methoxy groups -OCH3 is 1. The number of aromatic hydroxyl groups is 1. The van der Waals surface area contributed by atoms with Crippen molar-refractivity contribution in [3.63, 3.8) is 0 Å². The highest BCUT2D eigenvalue weighted by Crippen LogP contribution is 2.65. The van der Waals surface area contributed by atoms with Crippen LogP contribution in [0.25, 0.3) is 6.08 Å². The summed E-state index contributed by atoms with van der Waals surface area (Å²) in [7, 11) is 1.71. The smallest absolute Gasteiger partial charge is 0.416 e. The molecule has 2 fully saturated rings. The molecule has 0 aliphatic heterocycles. The predicted octanol–water partition coefficient (Wildman–Crippen LogP) is 6.34. The average molecular weight is 473 g/mol. The van der Waals surface area contributed by atoms with E-state index in [1.54, 1.807) is 31.4 Å². The van der Waals surface area contributed by atoms with E-state index in [0.29, 0.717) is 24.3 Å². The van der Waals surface area contributed by atoms with Crippen molar-refractivity contribution in [3.8, 4) is 5.75 Å². The Bertz CT molecular complexity index is 1110. The molecule has 2 N–H and O–H groups in total. The third-order valence-electron chi connectivity index (χ3n) is 8.95. The number of fused-ring (bicyclic) bond motifs is 5. The van der Waals surface area contributed by atoms with Crippen LogP contribution in [0, 0.1) is 17.3 Å².